The standard InChI is InChI=1S/C17H19N3/c1-2-7-15(8-3-1)9-6-10-16-18-12-11-17(19-16)20-13-4-5-14-20/h1-3,6-8,10-12H,4-5,9,13-14H2. The van der Waals surface area contributed by atoms with E-state index in [0.29, 0.717) is 0 Å². The fourth-order valence-corrected chi connectivity index (χ4v) is 2.48. The number of hydrogen-bond acceptors (Lipinski definition) is 3. The molecule has 102 valence electrons. The monoisotopic (exact) mass is 265 g/mol. The van der Waals surface area contributed by atoms with Gasteiger partial charge in [0.2, 0.25) is 0 Å². The minimum atomic E-state index is 0.797. The highest BCUT2D eigenvalue weighted by Crippen LogP contribution is 2.17. The minimum absolute atomic E-state index is 0.797. The SMILES string of the molecule is C(=Cc1nccc(N2CCCC2)n1)Cc1ccccc1. The maximum atomic E-state index is 4.61. The first-order valence-corrected chi connectivity index (χ1v) is 7.20. The van der Waals surface area contributed by atoms with Crippen LogP contribution in [0, 0.1) is 0 Å². The molecule has 0 spiro atoms. The lowest BCUT2D eigenvalue weighted by molar-refractivity contribution is 0.923. The van der Waals surface area contributed by atoms with E-state index in [4.69, 9.17) is 0 Å². The van der Waals surface area contributed by atoms with Gasteiger partial charge < -0.3 is 4.90 Å². The molecular weight excluding hydrogens is 246 g/mol. The van der Waals surface area contributed by atoms with Gasteiger partial charge in [-0.25, -0.2) is 9.97 Å². The Labute approximate surface area is 120 Å². The number of rotatable bonds is 4. The van der Waals surface area contributed by atoms with Crippen LogP contribution in [0.4, 0.5) is 5.82 Å². The molecule has 0 radical (unpaired) electrons. The Balaban J connectivity index is 1.66. The average molecular weight is 265 g/mol. The summed E-state index contributed by atoms with van der Waals surface area (Å²) in [7, 11) is 0. The van der Waals surface area contributed by atoms with Crippen molar-refractivity contribution < 1.29 is 0 Å². The highest BCUT2D eigenvalue weighted by molar-refractivity contribution is 5.46. The Morgan fingerprint density at radius 1 is 1.05 bits per heavy atom. The van der Waals surface area contributed by atoms with Crippen molar-refractivity contribution in [3.8, 4) is 0 Å². The van der Waals surface area contributed by atoms with E-state index in [1.54, 1.807) is 0 Å². The van der Waals surface area contributed by atoms with Gasteiger partial charge in [-0.1, -0.05) is 36.4 Å². The summed E-state index contributed by atoms with van der Waals surface area (Å²) < 4.78 is 0. The van der Waals surface area contributed by atoms with E-state index >= 15 is 0 Å². The van der Waals surface area contributed by atoms with Crippen LogP contribution >= 0.6 is 0 Å². The maximum Gasteiger partial charge on any atom is 0.153 e. The zero-order valence-electron chi connectivity index (χ0n) is 11.6. The Bertz CT molecular complexity index is 572. The lowest BCUT2D eigenvalue weighted by Crippen LogP contribution is -2.19. The molecule has 0 saturated carbocycles. The van der Waals surface area contributed by atoms with Gasteiger partial charge in [-0.15, -0.1) is 0 Å². The molecule has 2 heterocycles. The first kappa shape index (κ1) is 12.9. The molecule has 1 aliphatic rings. The molecule has 1 aliphatic heterocycles. The summed E-state index contributed by atoms with van der Waals surface area (Å²) in [6.07, 6.45) is 9.43. The largest absolute Gasteiger partial charge is 0.357 e. The van der Waals surface area contributed by atoms with Crippen LogP contribution in [-0.2, 0) is 6.42 Å². The Hall–Kier alpha value is -2.16. The molecule has 20 heavy (non-hydrogen) atoms. The van der Waals surface area contributed by atoms with Crippen molar-refractivity contribution in [3.05, 3.63) is 60.1 Å². The Morgan fingerprint density at radius 2 is 1.85 bits per heavy atom. The van der Waals surface area contributed by atoms with Crippen molar-refractivity contribution in [2.24, 2.45) is 0 Å². The summed E-state index contributed by atoms with van der Waals surface area (Å²) in [4.78, 5) is 11.3. The molecule has 0 unspecified atom stereocenters. The van der Waals surface area contributed by atoms with Crippen molar-refractivity contribution in [2.45, 2.75) is 19.3 Å². The third-order valence-corrected chi connectivity index (χ3v) is 3.55. The zero-order valence-corrected chi connectivity index (χ0v) is 11.6. The summed E-state index contributed by atoms with van der Waals surface area (Å²) in [5, 5.41) is 0. The molecular formula is C17H19N3. The van der Waals surface area contributed by atoms with Gasteiger partial charge in [0.25, 0.3) is 0 Å². The van der Waals surface area contributed by atoms with E-state index in [1.165, 1.54) is 18.4 Å². The molecule has 3 nitrogen and oxygen atoms in total. The molecule has 0 amide bonds. The normalized spacial score (nSPS) is 15.1. The zero-order chi connectivity index (χ0) is 13.6. The third-order valence-electron chi connectivity index (χ3n) is 3.55. The van der Waals surface area contributed by atoms with Crippen LogP contribution < -0.4 is 4.90 Å². The molecule has 3 rings (SSSR count). The van der Waals surface area contributed by atoms with Crippen LogP contribution in [-0.4, -0.2) is 23.1 Å². The topological polar surface area (TPSA) is 29.0 Å². The molecule has 0 bridgehead atoms. The molecule has 1 fully saturated rings. The van der Waals surface area contributed by atoms with E-state index in [9.17, 15) is 0 Å². The lowest BCUT2D eigenvalue weighted by atomic mass is 10.1. The van der Waals surface area contributed by atoms with Crippen LogP contribution in [0.25, 0.3) is 6.08 Å². The van der Waals surface area contributed by atoms with Crippen molar-refractivity contribution in [1.29, 1.82) is 0 Å². The molecule has 0 N–H and O–H groups in total. The van der Waals surface area contributed by atoms with Crippen molar-refractivity contribution in [1.82, 2.24) is 9.97 Å². The summed E-state index contributed by atoms with van der Waals surface area (Å²) in [5.41, 5.74) is 1.31. The quantitative estimate of drug-likeness (QED) is 0.849. The molecule has 1 saturated heterocycles. The van der Waals surface area contributed by atoms with Crippen molar-refractivity contribution in [2.75, 3.05) is 18.0 Å². The number of allylic oxidation sites excluding steroid dienone is 1. The first-order valence-electron chi connectivity index (χ1n) is 7.20. The van der Waals surface area contributed by atoms with Crippen LogP contribution in [0.1, 0.15) is 24.2 Å². The molecule has 0 aliphatic carbocycles. The molecule has 1 aromatic carbocycles. The fraction of sp³-hybridized carbons (Fsp3) is 0.294. The van der Waals surface area contributed by atoms with E-state index in [0.717, 1.165) is 31.2 Å². The second kappa shape index (κ2) is 6.33. The second-order valence-corrected chi connectivity index (χ2v) is 5.06. The van der Waals surface area contributed by atoms with Gasteiger partial charge in [0.05, 0.1) is 0 Å². The van der Waals surface area contributed by atoms with Gasteiger partial charge >= 0.3 is 0 Å². The number of aromatic nitrogens is 2. The van der Waals surface area contributed by atoms with E-state index in [1.807, 2.05) is 24.4 Å². The van der Waals surface area contributed by atoms with Gasteiger partial charge in [0.1, 0.15) is 5.82 Å². The smallest absolute Gasteiger partial charge is 0.153 e. The highest BCUT2D eigenvalue weighted by Gasteiger charge is 2.13. The Morgan fingerprint density at radius 3 is 2.65 bits per heavy atom. The van der Waals surface area contributed by atoms with Crippen LogP contribution in [0.2, 0.25) is 0 Å². The van der Waals surface area contributed by atoms with Crippen LogP contribution in [0.5, 0.6) is 0 Å². The highest BCUT2D eigenvalue weighted by atomic mass is 15.2. The summed E-state index contributed by atoms with van der Waals surface area (Å²) >= 11 is 0. The van der Waals surface area contributed by atoms with Crippen molar-refractivity contribution in [3.63, 3.8) is 0 Å². The van der Waals surface area contributed by atoms with Crippen LogP contribution in [0.3, 0.4) is 0 Å². The van der Waals surface area contributed by atoms with Gasteiger partial charge in [-0.2, -0.15) is 0 Å². The molecule has 2 aromatic rings. The molecule has 3 heteroatoms. The van der Waals surface area contributed by atoms with E-state index in [2.05, 4.69) is 45.2 Å². The fourth-order valence-electron chi connectivity index (χ4n) is 2.48. The predicted octanol–water partition coefficient (Wildman–Crippen LogP) is 3.33. The average Bonchev–Trinajstić information content (AvgIpc) is 3.03. The maximum absolute atomic E-state index is 4.61. The molecule has 1 aromatic heterocycles. The number of anilines is 1. The van der Waals surface area contributed by atoms with Crippen LogP contribution in [0.15, 0.2) is 48.7 Å². The van der Waals surface area contributed by atoms with Gasteiger partial charge in [0.15, 0.2) is 5.82 Å². The Kier molecular flexibility index (Phi) is 4.07. The number of benzene rings is 1. The third kappa shape index (κ3) is 3.23. The predicted molar refractivity (Wildman–Crippen MR) is 82.7 cm³/mol. The van der Waals surface area contributed by atoms with E-state index in [-0.39, 0.29) is 0 Å². The van der Waals surface area contributed by atoms with Gasteiger partial charge in [-0.05, 0) is 37.0 Å². The second-order valence-electron chi connectivity index (χ2n) is 5.06. The number of nitrogens with zero attached hydrogens (tertiary/aromatic N) is 3. The summed E-state index contributed by atoms with van der Waals surface area (Å²) in [6.45, 7) is 2.23. The van der Waals surface area contributed by atoms with E-state index < -0.39 is 0 Å². The summed E-state index contributed by atoms with van der Waals surface area (Å²) in [5.74, 6) is 1.85. The number of hydrogen-bond donors (Lipinski definition) is 0. The minimum Gasteiger partial charge on any atom is -0.357 e. The van der Waals surface area contributed by atoms with Gasteiger partial charge in [0, 0.05) is 19.3 Å². The first-order chi connectivity index (χ1) is 9.92. The lowest BCUT2D eigenvalue weighted by Gasteiger charge is -2.15. The summed E-state index contributed by atoms with van der Waals surface area (Å²) in [6, 6.07) is 12.4. The molecule has 0 atom stereocenters. The van der Waals surface area contributed by atoms with Gasteiger partial charge in [-0.3, -0.25) is 0 Å². The van der Waals surface area contributed by atoms with Crippen molar-refractivity contribution >= 4 is 11.9 Å².